The second-order valence-corrected chi connectivity index (χ2v) is 8.69. The largest absolute Gasteiger partial charge is 0.419 e. The number of halogens is 7. The van der Waals surface area contributed by atoms with Crippen LogP contribution in [0.15, 0.2) is 36.5 Å². The summed E-state index contributed by atoms with van der Waals surface area (Å²) in [4.78, 5) is 14.6. The Bertz CT molecular complexity index is 1250. The normalized spacial score (nSPS) is 14.6. The molecule has 1 N–H and O–H groups in total. The van der Waals surface area contributed by atoms with E-state index >= 15 is 0 Å². The molecule has 0 saturated heterocycles. The van der Waals surface area contributed by atoms with Gasteiger partial charge in [0.1, 0.15) is 23.3 Å². The first-order valence-corrected chi connectivity index (χ1v) is 11.1. The fourth-order valence-electron chi connectivity index (χ4n) is 4.02. The van der Waals surface area contributed by atoms with E-state index in [-0.39, 0.29) is 42.8 Å². The summed E-state index contributed by atoms with van der Waals surface area (Å²) in [7, 11) is 0. The molecule has 192 valence electrons. The molecule has 1 aliphatic heterocycles. The smallest absolute Gasteiger partial charge is 0.355 e. The molecule has 0 radical (unpaired) electrons. The van der Waals surface area contributed by atoms with Gasteiger partial charge < -0.3 is 10.2 Å². The SMILES string of the molecule is CC(C)c1nc2c(c(Nc3ccc(C(F)(F)F)c(F)c3)n1)CCN(c1ncccc1C(F)(F)F)CC2. The minimum atomic E-state index is -4.83. The second kappa shape index (κ2) is 9.55. The van der Waals surface area contributed by atoms with Crippen LogP contribution in [0.3, 0.4) is 0 Å². The first kappa shape index (κ1) is 25.6. The number of benzene rings is 1. The average Bonchev–Trinajstić information content (AvgIpc) is 3.00. The summed E-state index contributed by atoms with van der Waals surface area (Å²) in [5, 5.41) is 2.89. The molecular formula is C24H22F7N5. The Morgan fingerprint density at radius 1 is 0.917 bits per heavy atom. The molecule has 1 aliphatic rings. The lowest BCUT2D eigenvalue weighted by Gasteiger charge is -2.24. The van der Waals surface area contributed by atoms with Crippen LogP contribution in [-0.2, 0) is 25.2 Å². The van der Waals surface area contributed by atoms with Gasteiger partial charge in [-0.2, -0.15) is 26.3 Å². The van der Waals surface area contributed by atoms with Crippen molar-refractivity contribution >= 4 is 17.3 Å². The predicted octanol–water partition coefficient (Wildman–Crippen LogP) is 6.52. The summed E-state index contributed by atoms with van der Waals surface area (Å²) in [6.45, 7) is 4.11. The highest BCUT2D eigenvalue weighted by Crippen LogP contribution is 2.37. The van der Waals surface area contributed by atoms with E-state index < -0.39 is 29.3 Å². The van der Waals surface area contributed by atoms with Gasteiger partial charge in [0.25, 0.3) is 0 Å². The van der Waals surface area contributed by atoms with Gasteiger partial charge >= 0.3 is 12.4 Å². The van der Waals surface area contributed by atoms with E-state index in [1.54, 1.807) is 0 Å². The van der Waals surface area contributed by atoms with Gasteiger partial charge in [0.05, 0.1) is 16.8 Å². The molecule has 36 heavy (non-hydrogen) atoms. The number of fused-ring (bicyclic) bond motifs is 1. The van der Waals surface area contributed by atoms with Gasteiger partial charge in [0.15, 0.2) is 0 Å². The van der Waals surface area contributed by atoms with E-state index in [4.69, 9.17) is 0 Å². The Hall–Kier alpha value is -3.44. The summed E-state index contributed by atoms with van der Waals surface area (Å²) in [5.41, 5.74) is -0.962. The fraction of sp³-hybridized carbons (Fsp3) is 0.375. The summed E-state index contributed by atoms with van der Waals surface area (Å²) < 4.78 is 93.6. The third-order valence-electron chi connectivity index (χ3n) is 5.81. The van der Waals surface area contributed by atoms with E-state index in [2.05, 4.69) is 20.3 Å². The van der Waals surface area contributed by atoms with Crippen LogP contribution in [0.1, 0.15) is 48.0 Å². The standard InChI is InChI=1S/C24H22F7N5/c1-13(2)20-34-19-8-11-36(22-17(24(29,30)31)4-3-9-32-22)10-7-15(19)21(35-20)33-14-5-6-16(18(25)12-14)23(26,27)28/h3-6,9,12-13H,7-8,10-11H2,1-2H3,(H,33,34,35). The first-order valence-electron chi connectivity index (χ1n) is 11.1. The molecule has 2 aromatic heterocycles. The number of rotatable bonds is 4. The number of alkyl halides is 6. The molecule has 0 aliphatic carbocycles. The Labute approximate surface area is 202 Å². The van der Waals surface area contributed by atoms with Gasteiger partial charge in [-0.15, -0.1) is 0 Å². The molecule has 0 atom stereocenters. The minimum absolute atomic E-state index is 0.0568. The predicted molar refractivity (Wildman–Crippen MR) is 120 cm³/mol. The van der Waals surface area contributed by atoms with Crippen molar-refractivity contribution in [2.45, 2.75) is 45.0 Å². The van der Waals surface area contributed by atoms with Crippen molar-refractivity contribution in [2.75, 3.05) is 23.3 Å². The van der Waals surface area contributed by atoms with E-state index in [9.17, 15) is 30.7 Å². The maximum Gasteiger partial charge on any atom is 0.419 e. The third kappa shape index (κ3) is 5.36. The zero-order chi connectivity index (χ0) is 26.3. The fourth-order valence-corrected chi connectivity index (χ4v) is 4.02. The molecule has 0 bridgehead atoms. The van der Waals surface area contributed by atoms with Crippen molar-refractivity contribution in [1.29, 1.82) is 0 Å². The van der Waals surface area contributed by atoms with E-state index in [0.29, 0.717) is 29.6 Å². The van der Waals surface area contributed by atoms with E-state index in [0.717, 1.165) is 18.2 Å². The Morgan fingerprint density at radius 3 is 2.25 bits per heavy atom. The van der Waals surface area contributed by atoms with E-state index in [1.807, 2.05) is 13.8 Å². The highest BCUT2D eigenvalue weighted by molar-refractivity contribution is 5.62. The first-order chi connectivity index (χ1) is 16.8. The zero-order valence-corrected chi connectivity index (χ0v) is 19.3. The lowest BCUT2D eigenvalue weighted by molar-refractivity contribution is -0.140. The molecule has 12 heteroatoms. The quantitative estimate of drug-likeness (QED) is 0.403. The average molecular weight is 513 g/mol. The molecule has 1 aromatic carbocycles. The van der Waals surface area contributed by atoms with Gasteiger partial charge in [-0.25, -0.2) is 19.3 Å². The van der Waals surface area contributed by atoms with Crippen LogP contribution >= 0.6 is 0 Å². The number of hydrogen-bond acceptors (Lipinski definition) is 5. The molecule has 0 unspecified atom stereocenters. The lowest BCUT2D eigenvalue weighted by Crippen LogP contribution is -2.29. The summed E-state index contributed by atoms with van der Waals surface area (Å²) in [5.74, 6) is -0.994. The van der Waals surface area contributed by atoms with Crippen LogP contribution in [0.2, 0.25) is 0 Å². The van der Waals surface area contributed by atoms with Crippen molar-refractivity contribution in [2.24, 2.45) is 0 Å². The Kier molecular flexibility index (Phi) is 6.80. The number of pyridine rings is 1. The van der Waals surface area contributed by atoms with Crippen LogP contribution in [0.25, 0.3) is 0 Å². The van der Waals surface area contributed by atoms with Gasteiger partial charge in [0, 0.05) is 42.9 Å². The van der Waals surface area contributed by atoms with Gasteiger partial charge in [0.2, 0.25) is 0 Å². The highest BCUT2D eigenvalue weighted by atomic mass is 19.4. The minimum Gasteiger partial charge on any atom is -0.355 e. The number of aromatic nitrogens is 3. The van der Waals surface area contributed by atoms with E-state index in [1.165, 1.54) is 17.2 Å². The Morgan fingerprint density at radius 2 is 1.61 bits per heavy atom. The molecule has 0 spiro atoms. The third-order valence-corrected chi connectivity index (χ3v) is 5.81. The molecule has 3 heterocycles. The summed E-state index contributed by atoms with van der Waals surface area (Å²) in [6.07, 6.45) is -7.57. The molecule has 3 aromatic rings. The summed E-state index contributed by atoms with van der Waals surface area (Å²) in [6, 6.07) is 4.68. The van der Waals surface area contributed by atoms with Crippen molar-refractivity contribution in [1.82, 2.24) is 15.0 Å². The maximum atomic E-state index is 14.1. The molecule has 4 rings (SSSR count). The highest BCUT2D eigenvalue weighted by Gasteiger charge is 2.36. The van der Waals surface area contributed by atoms with Gasteiger partial charge in [-0.3, -0.25) is 0 Å². The number of nitrogens with zero attached hydrogens (tertiary/aromatic N) is 4. The number of nitrogens with one attached hydrogen (secondary N) is 1. The summed E-state index contributed by atoms with van der Waals surface area (Å²) >= 11 is 0. The lowest BCUT2D eigenvalue weighted by atomic mass is 10.1. The van der Waals surface area contributed by atoms with Crippen LogP contribution < -0.4 is 10.2 Å². The molecular weight excluding hydrogens is 491 g/mol. The van der Waals surface area contributed by atoms with Crippen molar-refractivity contribution in [3.8, 4) is 0 Å². The maximum absolute atomic E-state index is 14.1. The van der Waals surface area contributed by atoms with Crippen LogP contribution in [0.4, 0.5) is 48.1 Å². The van der Waals surface area contributed by atoms with Gasteiger partial charge in [-0.1, -0.05) is 13.8 Å². The second-order valence-electron chi connectivity index (χ2n) is 8.69. The topological polar surface area (TPSA) is 53.9 Å². The molecule has 0 fully saturated rings. The molecule has 0 amide bonds. The van der Waals surface area contributed by atoms with Crippen molar-refractivity contribution in [3.05, 3.63) is 70.6 Å². The molecule has 5 nitrogen and oxygen atoms in total. The van der Waals surface area contributed by atoms with Crippen LogP contribution in [0, 0.1) is 5.82 Å². The van der Waals surface area contributed by atoms with Crippen LogP contribution in [0.5, 0.6) is 0 Å². The van der Waals surface area contributed by atoms with Crippen molar-refractivity contribution in [3.63, 3.8) is 0 Å². The van der Waals surface area contributed by atoms with Crippen LogP contribution in [-0.4, -0.2) is 28.0 Å². The monoisotopic (exact) mass is 513 g/mol. The zero-order valence-electron chi connectivity index (χ0n) is 19.3. The van der Waals surface area contributed by atoms with Crippen molar-refractivity contribution < 1.29 is 30.7 Å². The molecule has 0 saturated carbocycles. The Balaban J connectivity index is 1.68. The number of anilines is 3. The number of hydrogen-bond donors (Lipinski definition) is 1. The van der Waals surface area contributed by atoms with Gasteiger partial charge in [-0.05, 0) is 36.8 Å².